The molecule has 0 aromatic carbocycles. The first-order valence-electron chi connectivity index (χ1n) is 10.6. The molecule has 1 unspecified atom stereocenters. The van der Waals surface area contributed by atoms with Crippen molar-refractivity contribution in [1.29, 1.82) is 0 Å². The number of amides is 1. The second-order valence-electron chi connectivity index (χ2n) is 7.86. The molecule has 1 atom stereocenters. The van der Waals surface area contributed by atoms with Crippen molar-refractivity contribution in [3.63, 3.8) is 0 Å². The number of hydrogen-bond donors (Lipinski definition) is 3. The number of aliphatic carboxylic acids is 4. The first-order valence-corrected chi connectivity index (χ1v) is 10.6. The van der Waals surface area contributed by atoms with Gasteiger partial charge in [-0.05, 0) is 0 Å². The van der Waals surface area contributed by atoms with E-state index < -0.39 is 62.1 Å². The Hall–Kier alpha value is -1.98. The normalized spacial score (nSPS) is 18.3. The number of nitrogens with one attached hydrogen (secondary N) is 1. The molecule has 15 nitrogen and oxygen atoms in total. The first kappa shape index (κ1) is 33.0. The minimum absolute atomic E-state index is 0. The molecule has 194 valence electrons. The topological polar surface area (TPSA) is 220 Å². The molecule has 3 N–H and O–H groups in total. The van der Waals surface area contributed by atoms with Gasteiger partial charge in [-0.1, -0.05) is 0 Å². The predicted molar refractivity (Wildman–Crippen MR) is 113 cm³/mol. The van der Waals surface area contributed by atoms with Crippen LogP contribution in [0.5, 0.6) is 0 Å². The molecule has 0 aliphatic carbocycles. The van der Waals surface area contributed by atoms with Gasteiger partial charge in [0, 0.05) is 72.0 Å². The molecule has 1 aliphatic rings. The second-order valence-corrected chi connectivity index (χ2v) is 7.86. The molecule has 1 amide bonds. The summed E-state index contributed by atoms with van der Waals surface area (Å²) in [4.78, 5) is 62.8. The van der Waals surface area contributed by atoms with Crippen LogP contribution in [0.25, 0.3) is 0 Å². The van der Waals surface area contributed by atoms with Gasteiger partial charge in [0.05, 0.1) is 31.1 Å². The van der Waals surface area contributed by atoms with E-state index in [4.69, 9.17) is 10.2 Å². The molecule has 0 bridgehead atoms. The summed E-state index contributed by atoms with van der Waals surface area (Å²) in [5.74, 6) is -6.10. The summed E-state index contributed by atoms with van der Waals surface area (Å²) in [5.41, 5.74) is 0. The van der Waals surface area contributed by atoms with E-state index in [1.807, 2.05) is 0 Å². The fourth-order valence-electron chi connectivity index (χ4n) is 3.39. The zero-order valence-corrected chi connectivity index (χ0v) is 22.6. The molecule has 1 fully saturated rings. The van der Waals surface area contributed by atoms with Crippen LogP contribution in [0.3, 0.4) is 0 Å². The number of carboxylic acids is 4. The third-order valence-electron chi connectivity index (χ3n) is 5.17. The van der Waals surface area contributed by atoms with E-state index in [9.17, 15) is 39.3 Å². The van der Waals surface area contributed by atoms with E-state index in [2.05, 4.69) is 5.32 Å². The van der Waals surface area contributed by atoms with Crippen LogP contribution in [-0.4, -0.2) is 177 Å². The van der Waals surface area contributed by atoms with Gasteiger partial charge in [-0.25, -0.2) is 4.79 Å². The van der Waals surface area contributed by atoms with Crippen LogP contribution in [0.1, 0.15) is 0 Å². The van der Waals surface area contributed by atoms with E-state index in [1.54, 1.807) is 4.90 Å². The van der Waals surface area contributed by atoms with Crippen molar-refractivity contribution < 1.29 is 49.5 Å². The SMILES string of the molecule is O=C([O-])CN1CCN(CC(=O)[O-])CCN(CC(=O)NC(CO)C(=O)O)CCN(CC(=O)[O-])CC1.[In+3]. The fraction of sp³-hybridized carbons (Fsp3) is 0.737. The Balaban J connectivity index is 0.0000116. The van der Waals surface area contributed by atoms with Crippen LogP contribution >= 0.6 is 0 Å². The van der Waals surface area contributed by atoms with E-state index >= 15 is 0 Å². The monoisotopic (exact) mass is 603 g/mol. The van der Waals surface area contributed by atoms with Crippen LogP contribution in [0.4, 0.5) is 0 Å². The van der Waals surface area contributed by atoms with Gasteiger partial charge in [0.1, 0.15) is 6.04 Å². The number of carbonyl (C=O) groups excluding carboxylic acids is 4. The molecule has 1 rings (SSSR count). The minimum atomic E-state index is -1.49. The molecule has 0 aromatic heterocycles. The van der Waals surface area contributed by atoms with Crippen LogP contribution in [0, 0.1) is 0 Å². The molecular formula is C19H30InN5O10. The van der Waals surface area contributed by atoms with Crippen molar-refractivity contribution in [1.82, 2.24) is 24.9 Å². The Kier molecular flexibility index (Phi) is 16.5. The van der Waals surface area contributed by atoms with Gasteiger partial charge in [-0.3, -0.25) is 24.4 Å². The Bertz CT molecular complexity index is 696. The Labute approximate surface area is 221 Å². The van der Waals surface area contributed by atoms with Gasteiger partial charge in [0.25, 0.3) is 0 Å². The molecule has 0 radical (unpaired) electrons. The summed E-state index contributed by atoms with van der Waals surface area (Å²) >= 11 is 0. The molecule has 1 heterocycles. The fourth-order valence-corrected chi connectivity index (χ4v) is 3.39. The third-order valence-corrected chi connectivity index (χ3v) is 5.17. The van der Waals surface area contributed by atoms with Gasteiger partial charge in [-0.2, -0.15) is 0 Å². The molecule has 1 aliphatic heterocycles. The number of carboxylic acid groups (broad SMARTS) is 4. The molecule has 35 heavy (non-hydrogen) atoms. The molecule has 1 saturated heterocycles. The minimum Gasteiger partial charge on any atom is -0.549 e. The summed E-state index contributed by atoms with van der Waals surface area (Å²) in [6.45, 7) is -1.07. The maximum Gasteiger partial charge on any atom is 3.00 e. The molecule has 0 saturated carbocycles. The smallest absolute Gasteiger partial charge is 0.549 e. The summed E-state index contributed by atoms with van der Waals surface area (Å²) in [5, 5.41) is 53.6. The van der Waals surface area contributed by atoms with Crippen molar-refractivity contribution in [2.24, 2.45) is 0 Å². The van der Waals surface area contributed by atoms with Gasteiger partial charge in [0.2, 0.25) is 5.91 Å². The van der Waals surface area contributed by atoms with Crippen LogP contribution < -0.4 is 20.6 Å². The van der Waals surface area contributed by atoms with Crippen LogP contribution in [-0.2, 0) is 24.0 Å². The number of aliphatic hydroxyl groups excluding tert-OH is 1. The zero-order chi connectivity index (χ0) is 25.7. The Morgan fingerprint density at radius 2 is 0.943 bits per heavy atom. The van der Waals surface area contributed by atoms with Crippen molar-refractivity contribution in [3.8, 4) is 0 Å². The number of aliphatic hydroxyl groups is 1. The quantitative estimate of drug-likeness (QED) is 0.200. The molecule has 0 spiro atoms. The number of nitrogens with zero attached hydrogens (tertiary/aromatic N) is 4. The van der Waals surface area contributed by atoms with Crippen LogP contribution in [0.2, 0.25) is 0 Å². The number of hydrogen-bond acceptors (Lipinski definition) is 13. The van der Waals surface area contributed by atoms with Gasteiger partial charge < -0.3 is 45.2 Å². The van der Waals surface area contributed by atoms with Gasteiger partial charge >= 0.3 is 31.8 Å². The summed E-state index contributed by atoms with van der Waals surface area (Å²) < 4.78 is 0. The standard InChI is InChI=1S/C19H33N5O10.In/c25-13-14(19(33)34)20-15(26)9-21-1-3-22(10-16(27)28)5-7-24(12-18(31)32)8-6-23(4-2-21)11-17(29)30;/h14,25H,1-13H2,(H,20,26)(H,27,28)(H,29,30)(H,31,32)(H,33,34);/q;+3/p-3. The molecule has 0 aromatic rings. The first-order chi connectivity index (χ1) is 16.0. The van der Waals surface area contributed by atoms with Crippen LogP contribution in [0.15, 0.2) is 0 Å². The second kappa shape index (κ2) is 17.5. The molecule has 16 heteroatoms. The zero-order valence-electron chi connectivity index (χ0n) is 19.3. The predicted octanol–water partition coefficient (Wildman–Crippen LogP) is -8.36. The number of carbonyl (C=O) groups is 5. The summed E-state index contributed by atoms with van der Waals surface area (Å²) in [6.07, 6.45) is 0. The molecular weight excluding hydrogens is 573 g/mol. The van der Waals surface area contributed by atoms with Gasteiger partial charge in [0.15, 0.2) is 0 Å². The van der Waals surface area contributed by atoms with Crippen molar-refractivity contribution >= 4 is 55.6 Å². The van der Waals surface area contributed by atoms with E-state index in [-0.39, 0.29) is 84.7 Å². The number of rotatable bonds is 11. The maximum absolute atomic E-state index is 12.3. The largest absolute Gasteiger partial charge is 3.00 e. The average molecular weight is 603 g/mol. The Morgan fingerprint density at radius 3 is 1.17 bits per heavy atom. The van der Waals surface area contributed by atoms with Crippen molar-refractivity contribution in [3.05, 3.63) is 0 Å². The van der Waals surface area contributed by atoms with Crippen molar-refractivity contribution in [2.75, 3.05) is 85.1 Å². The van der Waals surface area contributed by atoms with Gasteiger partial charge in [-0.15, -0.1) is 0 Å². The van der Waals surface area contributed by atoms with E-state index in [0.717, 1.165) is 0 Å². The average Bonchev–Trinajstić information content (AvgIpc) is 2.72. The maximum atomic E-state index is 12.3. The summed E-state index contributed by atoms with van der Waals surface area (Å²) in [6, 6.07) is -1.49. The Morgan fingerprint density at radius 1 is 0.657 bits per heavy atom. The van der Waals surface area contributed by atoms with E-state index in [0.29, 0.717) is 0 Å². The summed E-state index contributed by atoms with van der Waals surface area (Å²) in [7, 11) is 0. The third kappa shape index (κ3) is 14.9. The van der Waals surface area contributed by atoms with E-state index in [1.165, 1.54) is 14.7 Å². The van der Waals surface area contributed by atoms with Crippen molar-refractivity contribution in [2.45, 2.75) is 6.04 Å².